The quantitative estimate of drug-likeness (QED) is 0.471. The molecule has 0 fully saturated rings. The average Bonchev–Trinajstić information content (AvgIpc) is 3.10. The second-order valence-electron chi connectivity index (χ2n) is 5.13. The summed E-state index contributed by atoms with van der Waals surface area (Å²) < 4.78 is 10.3. The predicted octanol–water partition coefficient (Wildman–Crippen LogP) is 2.34. The van der Waals surface area contributed by atoms with Gasteiger partial charge in [-0.15, -0.1) is 0 Å². The molecule has 0 aliphatic heterocycles. The maximum atomic E-state index is 11.9. The molecule has 0 aliphatic rings. The van der Waals surface area contributed by atoms with Crippen molar-refractivity contribution in [3.8, 4) is 17.4 Å². The average molecular weight is 340 g/mol. The number of rotatable bonds is 7. The Morgan fingerprint density at radius 1 is 1.16 bits per heavy atom. The molecule has 7 nitrogen and oxygen atoms in total. The van der Waals surface area contributed by atoms with Crippen LogP contribution in [-0.4, -0.2) is 30.8 Å². The van der Waals surface area contributed by atoms with Gasteiger partial charge in [0.05, 0.1) is 12.5 Å². The highest BCUT2D eigenvalue weighted by Crippen LogP contribution is 2.23. The number of hydrogen-bond donors (Lipinski definition) is 1. The lowest BCUT2D eigenvalue weighted by Crippen LogP contribution is -2.29. The fourth-order valence-corrected chi connectivity index (χ4v) is 1.98. The third kappa shape index (κ3) is 5.04. The topological polar surface area (TPSA) is 109 Å². The molecule has 0 saturated carbocycles. The molecule has 0 unspecified atom stereocenters. The van der Waals surface area contributed by atoms with Gasteiger partial charge in [-0.1, -0.05) is 24.3 Å². The highest BCUT2D eigenvalue weighted by atomic mass is 16.5. The van der Waals surface area contributed by atoms with E-state index in [9.17, 15) is 14.4 Å². The molecule has 25 heavy (non-hydrogen) atoms. The minimum absolute atomic E-state index is 0.0320. The fraction of sp³-hybridized carbons (Fsp3) is 0.222. The predicted molar refractivity (Wildman–Crippen MR) is 87.7 cm³/mol. The molecule has 7 heteroatoms. The number of ketones is 1. The Labute approximate surface area is 144 Å². The van der Waals surface area contributed by atoms with Crippen LogP contribution >= 0.6 is 0 Å². The van der Waals surface area contributed by atoms with Crippen molar-refractivity contribution < 1.29 is 23.5 Å². The first-order valence-corrected chi connectivity index (χ1v) is 7.53. The van der Waals surface area contributed by atoms with Crippen LogP contribution in [0.2, 0.25) is 0 Å². The molecule has 1 N–H and O–H groups in total. The Kier molecular flexibility index (Phi) is 6.07. The van der Waals surface area contributed by atoms with Crippen LogP contribution in [0.25, 0.3) is 11.3 Å². The van der Waals surface area contributed by atoms with Gasteiger partial charge in [0.15, 0.2) is 12.4 Å². The Morgan fingerprint density at radius 3 is 2.52 bits per heavy atom. The van der Waals surface area contributed by atoms with E-state index in [-0.39, 0.29) is 24.5 Å². The number of Topliss-reactive ketones (excluding diaryl/α,β-unsaturated/α-hetero) is 1. The molecule has 0 radical (unpaired) electrons. The molecule has 1 heterocycles. The van der Waals surface area contributed by atoms with Gasteiger partial charge in [0, 0.05) is 17.7 Å². The number of nitriles is 1. The number of hydrogen-bond acceptors (Lipinski definition) is 6. The summed E-state index contributed by atoms with van der Waals surface area (Å²) in [5.41, 5.74) is 1.29. The minimum atomic E-state index is -0.762. The minimum Gasteiger partial charge on any atom is -0.450 e. The molecular weight excluding hydrogens is 324 g/mol. The van der Waals surface area contributed by atoms with E-state index in [1.165, 1.54) is 13.0 Å². The molecule has 2 aromatic rings. The van der Waals surface area contributed by atoms with Crippen LogP contribution in [-0.2, 0) is 9.53 Å². The lowest BCUT2D eigenvalue weighted by atomic mass is 10.1. The summed E-state index contributed by atoms with van der Waals surface area (Å²) in [4.78, 5) is 34.5. The summed E-state index contributed by atoms with van der Waals surface area (Å²) in [5, 5.41) is 10.8. The molecule has 1 aromatic carbocycles. The number of amides is 1. The van der Waals surface area contributed by atoms with Crippen LogP contribution < -0.4 is 5.32 Å². The van der Waals surface area contributed by atoms with Gasteiger partial charge in [-0.3, -0.25) is 9.59 Å². The van der Waals surface area contributed by atoms with Crippen LogP contribution in [0, 0.1) is 11.3 Å². The van der Waals surface area contributed by atoms with Crippen molar-refractivity contribution in [3.05, 3.63) is 47.7 Å². The van der Waals surface area contributed by atoms with Gasteiger partial charge in [-0.05, 0) is 19.1 Å². The summed E-state index contributed by atoms with van der Waals surface area (Å²) in [7, 11) is 0. The first kappa shape index (κ1) is 17.9. The van der Waals surface area contributed by atoms with E-state index in [1.54, 1.807) is 30.3 Å². The lowest BCUT2D eigenvalue weighted by Gasteiger charge is -2.03. The van der Waals surface area contributed by atoms with E-state index in [2.05, 4.69) is 5.32 Å². The number of furan rings is 1. The van der Waals surface area contributed by atoms with E-state index in [0.717, 1.165) is 0 Å². The third-order valence-electron chi connectivity index (χ3n) is 3.28. The van der Waals surface area contributed by atoms with Gasteiger partial charge in [-0.25, -0.2) is 4.79 Å². The van der Waals surface area contributed by atoms with Gasteiger partial charge >= 0.3 is 5.97 Å². The summed E-state index contributed by atoms with van der Waals surface area (Å²) in [6.45, 7) is 1.23. The largest absolute Gasteiger partial charge is 0.450 e. The zero-order chi connectivity index (χ0) is 18.2. The van der Waals surface area contributed by atoms with E-state index >= 15 is 0 Å². The highest BCUT2D eigenvalue weighted by molar-refractivity contribution is 5.94. The summed E-state index contributed by atoms with van der Waals surface area (Å²) >= 11 is 0. The third-order valence-corrected chi connectivity index (χ3v) is 3.28. The zero-order valence-electron chi connectivity index (χ0n) is 13.6. The second kappa shape index (κ2) is 8.45. The first-order valence-electron chi connectivity index (χ1n) is 7.53. The maximum absolute atomic E-state index is 11.9. The molecule has 0 spiro atoms. The molecule has 0 saturated heterocycles. The monoisotopic (exact) mass is 340 g/mol. The number of ether oxygens (including phenoxy) is 1. The summed E-state index contributed by atoms with van der Waals surface area (Å²) in [6, 6.07) is 11.7. The Morgan fingerprint density at radius 2 is 1.88 bits per heavy atom. The number of nitrogens with one attached hydrogen (secondary N) is 1. The van der Waals surface area contributed by atoms with E-state index < -0.39 is 18.5 Å². The molecule has 1 aromatic heterocycles. The van der Waals surface area contributed by atoms with Crippen LogP contribution in [0.4, 0.5) is 0 Å². The number of esters is 1. The van der Waals surface area contributed by atoms with Crippen molar-refractivity contribution in [1.29, 1.82) is 5.26 Å². The smallest absolute Gasteiger partial charge is 0.374 e. The Hall–Kier alpha value is -3.40. The molecule has 0 aliphatic carbocycles. The maximum Gasteiger partial charge on any atom is 0.374 e. The number of nitrogens with zero attached hydrogens (tertiary/aromatic N) is 1. The Bertz CT molecular complexity index is 815. The van der Waals surface area contributed by atoms with Gasteiger partial charge < -0.3 is 14.5 Å². The fourth-order valence-electron chi connectivity index (χ4n) is 1.98. The van der Waals surface area contributed by atoms with Crippen molar-refractivity contribution in [3.63, 3.8) is 0 Å². The molecule has 128 valence electrons. The van der Waals surface area contributed by atoms with Crippen LogP contribution in [0.15, 0.2) is 40.8 Å². The summed E-state index contributed by atoms with van der Waals surface area (Å²) in [6.07, 6.45) is 0.184. The molecule has 1 amide bonds. The van der Waals surface area contributed by atoms with Crippen LogP contribution in [0.1, 0.15) is 34.3 Å². The highest BCUT2D eigenvalue weighted by Gasteiger charge is 2.15. The SMILES string of the molecule is CC(=O)c1ccc(-c2ccc(C(=O)OCC(=O)NCCC#N)o2)cc1. The van der Waals surface area contributed by atoms with E-state index in [4.69, 9.17) is 14.4 Å². The first-order chi connectivity index (χ1) is 12.0. The molecule has 2 rings (SSSR count). The lowest BCUT2D eigenvalue weighted by molar-refractivity contribution is -0.124. The van der Waals surface area contributed by atoms with Crippen molar-refractivity contribution in [2.45, 2.75) is 13.3 Å². The number of carbonyl (C=O) groups excluding carboxylic acids is 3. The van der Waals surface area contributed by atoms with Gasteiger partial charge in [0.25, 0.3) is 5.91 Å². The Balaban J connectivity index is 1.94. The van der Waals surface area contributed by atoms with Crippen LogP contribution in [0.5, 0.6) is 0 Å². The second-order valence-corrected chi connectivity index (χ2v) is 5.13. The van der Waals surface area contributed by atoms with Gasteiger partial charge in [-0.2, -0.15) is 5.26 Å². The van der Waals surface area contributed by atoms with E-state index in [1.807, 2.05) is 6.07 Å². The van der Waals surface area contributed by atoms with Crippen molar-refractivity contribution in [2.75, 3.05) is 13.2 Å². The molecule has 0 bridgehead atoms. The number of benzene rings is 1. The van der Waals surface area contributed by atoms with Gasteiger partial charge in [0.2, 0.25) is 5.76 Å². The zero-order valence-corrected chi connectivity index (χ0v) is 13.6. The van der Waals surface area contributed by atoms with Crippen LogP contribution in [0.3, 0.4) is 0 Å². The van der Waals surface area contributed by atoms with E-state index in [0.29, 0.717) is 16.9 Å². The molecular formula is C18H16N2O5. The van der Waals surface area contributed by atoms with Crippen molar-refractivity contribution in [1.82, 2.24) is 5.32 Å². The molecule has 0 atom stereocenters. The van der Waals surface area contributed by atoms with Crippen molar-refractivity contribution in [2.24, 2.45) is 0 Å². The number of carbonyl (C=O) groups is 3. The normalized spacial score (nSPS) is 9.92. The van der Waals surface area contributed by atoms with Crippen molar-refractivity contribution >= 4 is 17.7 Å². The standard InChI is InChI=1S/C18H16N2O5/c1-12(21)13-3-5-14(6-4-13)15-7-8-16(25-15)18(23)24-11-17(22)20-10-2-9-19/h3-8H,2,10-11H2,1H3,(H,20,22). The summed E-state index contributed by atoms with van der Waals surface area (Å²) in [5.74, 6) is -0.878. The van der Waals surface area contributed by atoms with Gasteiger partial charge in [0.1, 0.15) is 5.76 Å².